The fraction of sp³-hybridized carbons (Fsp3) is 0.500. The summed E-state index contributed by atoms with van der Waals surface area (Å²) in [6, 6.07) is 2.05. The van der Waals surface area contributed by atoms with Crippen molar-refractivity contribution >= 4 is 33.3 Å². The van der Waals surface area contributed by atoms with Crippen LogP contribution in [-0.2, 0) is 0 Å². The van der Waals surface area contributed by atoms with Crippen molar-refractivity contribution in [3.05, 3.63) is 21.8 Å². The molecule has 1 aromatic rings. The van der Waals surface area contributed by atoms with Gasteiger partial charge in [0.25, 0.3) is 0 Å². The van der Waals surface area contributed by atoms with Gasteiger partial charge in [0.15, 0.2) is 0 Å². The molecule has 1 aliphatic carbocycles. The molecule has 3 nitrogen and oxygen atoms in total. The van der Waals surface area contributed by atoms with Crippen LogP contribution in [0.2, 0.25) is 5.02 Å². The molecule has 0 unspecified atom stereocenters. The van der Waals surface area contributed by atoms with Crippen molar-refractivity contribution in [3.63, 3.8) is 0 Å². The highest BCUT2D eigenvalue weighted by Gasteiger charge is 2.28. The summed E-state index contributed by atoms with van der Waals surface area (Å²) in [5.41, 5.74) is 5.98. The molecule has 0 aromatic carbocycles. The fourth-order valence-electron chi connectivity index (χ4n) is 1.45. The predicted molar refractivity (Wildman–Crippen MR) is 66.1 cm³/mol. The van der Waals surface area contributed by atoms with E-state index in [1.807, 2.05) is 6.07 Å². The van der Waals surface area contributed by atoms with E-state index in [1.54, 1.807) is 6.20 Å². The van der Waals surface area contributed by atoms with Crippen LogP contribution in [0.5, 0.6) is 0 Å². The molecule has 1 aliphatic rings. The van der Waals surface area contributed by atoms with E-state index >= 15 is 0 Å². The number of nitrogens with one attached hydrogen (secondary N) is 1. The van der Waals surface area contributed by atoms with E-state index in [0.29, 0.717) is 10.9 Å². The molecule has 5 heteroatoms. The van der Waals surface area contributed by atoms with Gasteiger partial charge in [-0.05, 0) is 40.8 Å². The van der Waals surface area contributed by atoms with E-state index < -0.39 is 0 Å². The quantitative estimate of drug-likeness (QED) is 0.896. The summed E-state index contributed by atoms with van der Waals surface area (Å²) in [5, 5.41) is 3.84. The van der Waals surface area contributed by atoms with Gasteiger partial charge in [-0.3, -0.25) is 0 Å². The number of nitrogens with zero attached hydrogens (tertiary/aromatic N) is 1. The summed E-state index contributed by atoms with van der Waals surface area (Å²) in [7, 11) is 0. The minimum absolute atomic E-state index is 0.231. The summed E-state index contributed by atoms with van der Waals surface area (Å²) in [6.45, 7) is 0.762. The molecule has 1 aromatic heterocycles. The number of hydrogen-bond acceptors (Lipinski definition) is 3. The van der Waals surface area contributed by atoms with Gasteiger partial charge in [0.1, 0.15) is 5.82 Å². The van der Waals surface area contributed by atoms with Crippen LogP contribution in [0.25, 0.3) is 0 Å². The maximum absolute atomic E-state index is 5.98. The fourth-order valence-corrected chi connectivity index (χ4v) is 2.23. The molecule has 3 N–H and O–H groups in total. The third-order valence-electron chi connectivity index (χ3n) is 2.54. The van der Waals surface area contributed by atoms with E-state index in [-0.39, 0.29) is 6.04 Å². The largest absolute Gasteiger partial charge is 0.368 e. The number of hydrogen-bond donors (Lipinski definition) is 2. The van der Waals surface area contributed by atoms with Crippen LogP contribution in [0.1, 0.15) is 12.8 Å². The number of rotatable bonds is 4. The van der Waals surface area contributed by atoms with Crippen molar-refractivity contribution in [2.24, 2.45) is 11.7 Å². The lowest BCUT2D eigenvalue weighted by atomic mass is 10.2. The maximum Gasteiger partial charge on any atom is 0.140 e. The first kappa shape index (κ1) is 11.2. The molecule has 82 valence electrons. The smallest absolute Gasteiger partial charge is 0.140 e. The van der Waals surface area contributed by atoms with Crippen molar-refractivity contribution in [1.29, 1.82) is 0 Å². The summed E-state index contributed by atoms with van der Waals surface area (Å²) in [5.74, 6) is 1.50. The summed E-state index contributed by atoms with van der Waals surface area (Å²) in [4.78, 5) is 4.18. The second kappa shape index (κ2) is 4.68. The Balaban J connectivity index is 1.92. The molecule has 2 rings (SSSR count). The van der Waals surface area contributed by atoms with Gasteiger partial charge in [0.2, 0.25) is 0 Å². The first-order valence-corrected chi connectivity index (χ1v) is 6.14. The second-order valence-electron chi connectivity index (χ2n) is 3.87. The Morgan fingerprint density at radius 3 is 3.00 bits per heavy atom. The molecule has 0 bridgehead atoms. The lowest BCUT2D eigenvalue weighted by Gasteiger charge is -2.12. The number of halogens is 2. The third-order valence-corrected chi connectivity index (χ3v) is 3.35. The minimum atomic E-state index is 0.231. The van der Waals surface area contributed by atoms with Crippen molar-refractivity contribution in [3.8, 4) is 0 Å². The van der Waals surface area contributed by atoms with Gasteiger partial charge in [0.05, 0.1) is 9.50 Å². The topological polar surface area (TPSA) is 50.9 Å². The first-order valence-electron chi connectivity index (χ1n) is 4.97. The zero-order chi connectivity index (χ0) is 10.8. The number of aromatic nitrogens is 1. The number of nitrogens with two attached hydrogens (primary N) is 1. The highest BCUT2D eigenvalue weighted by molar-refractivity contribution is 9.10. The van der Waals surface area contributed by atoms with E-state index in [4.69, 9.17) is 17.3 Å². The average molecular weight is 291 g/mol. The Hall–Kier alpha value is -0.320. The van der Waals surface area contributed by atoms with Gasteiger partial charge >= 0.3 is 0 Å². The van der Waals surface area contributed by atoms with Gasteiger partial charge in [-0.2, -0.15) is 0 Å². The highest BCUT2D eigenvalue weighted by atomic mass is 79.9. The number of anilines is 1. The molecule has 0 spiro atoms. The Morgan fingerprint density at radius 1 is 1.67 bits per heavy atom. The molecule has 0 aliphatic heterocycles. The van der Waals surface area contributed by atoms with Gasteiger partial charge in [-0.1, -0.05) is 11.6 Å². The van der Waals surface area contributed by atoms with Crippen LogP contribution < -0.4 is 11.1 Å². The van der Waals surface area contributed by atoms with Gasteiger partial charge in [-0.25, -0.2) is 4.98 Å². The van der Waals surface area contributed by atoms with Gasteiger partial charge in [0, 0.05) is 18.8 Å². The predicted octanol–water partition coefficient (Wildman–Crippen LogP) is 2.65. The van der Waals surface area contributed by atoms with Gasteiger partial charge < -0.3 is 11.1 Å². The van der Waals surface area contributed by atoms with Crippen molar-refractivity contribution in [1.82, 2.24) is 4.98 Å². The highest BCUT2D eigenvalue weighted by Crippen LogP contribution is 2.32. The summed E-state index contributed by atoms with van der Waals surface area (Å²) in [6.07, 6.45) is 4.15. The van der Waals surface area contributed by atoms with Crippen LogP contribution in [-0.4, -0.2) is 17.6 Å². The van der Waals surface area contributed by atoms with Crippen LogP contribution in [0.15, 0.2) is 16.7 Å². The maximum atomic E-state index is 5.98. The molecule has 1 saturated carbocycles. The molecular weight excluding hydrogens is 277 g/mol. The Kier molecular flexibility index (Phi) is 3.49. The lowest BCUT2D eigenvalue weighted by Crippen LogP contribution is -2.31. The molecule has 1 atom stereocenters. The molecule has 0 saturated heterocycles. The first-order chi connectivity index (χ1) is 7.16. The second-order valence-corrected chi connectivity index (χ2v) is 5.16. The van der Waals surface area contributed by atoms with Crippen LogP contribution in [0.3, 0.4) is 0 Å². The molecule has 0 amide bonds. The van der Waals surface area contributed by atoms with Crippen molar-refractivity contribution in [2.45, 2.75) is 18.9 Å². The molecule has 1 fully saturated rings. The molecule has 15 heavy (non-hydrogen) atoms. The normalized spacial score (nSPS) is 17.5. The zero-order valence-corrected chi connectivity index (χ0v) is 10.6. The van der Waals surface area contributed by atoms with Crippen LogP contribution in [0.4, 0.5) is 5.82 Å². The van der Waals surface area contributed by atoms with E-state index in [9.17, 15) is 0 Å². The van der Waals surface area contributed by atoms with E-state index in [2.05, 4.69) is 26.2 Å². The molecule has 1 heterocycles. The average Bonchev–Trinajstić information content (AvgIpc) is 2.99. The monoisotopic (exact) mass is 289 g/mol. The number of pyridine rings is 1. The van der Waals surface area contributed by atoms with Gasteiger partial charge in [-0.15, -0.1) is 0 Å². The zero-order valence-electron chi connectivity index (χ0n) is 8.21. The SMILES string of the molecule is N[C@@H](CNc1ncc(Cl)cc1Br)C1CC1. The summed E-state index contributed by atoms with van der Waals surface area (Å²) < 4.78 is 0.873. The molecular formula is C10H13BrClN3. The van der Waals surface area contributed by atoms with E-state index in [0.717, 1.165) is 16.8 Å². The van der Waals surface area contributed by atoms with Crippen LogP contribution >= 0.6 is 27.5 Å². The van der Waals surface area contributed by atoms with Crippen LogP contribution in [0, 0.1) is 5.92 Å². The minimum Gasteiger partial charge on any atom is -0.368 e. The Morgan fingerprint density at radius 2 is 2.40 bits per heavy atom. The Bertz CT molecular complexity index is 355. The molecule has 0 radical (unpaired) electrons. The van der Waals surface area contributed by atoms with E-state index in [1.165, 1.54) is 12.8 Å². The summed E-state index contributed by atoms with van der Waals surface area (Å²) >= 11 is 9.19. The lowest BCUT2D eigenvalue weighted by molar-refractivity contribution is 0.620. The third kappa shape index (κ3) is 3.06. The Labute approximate surface area is 103 Å². The van der Waals surface area contributed by atoms with Crippen molar-refractivity contribution < 1.29 is 0 Å². The standard InChI is InChI=1S/C10H13BrClN3/c11-8-3-7(12)4-14-10(8)15-5-9(13)6-1-2-6/h3-4,6,9H,1-2,5,13H2,(H,14,15)/t9-/m0/s1. The van der Waals surface area contributed by atoms with Crippen molar-refractivity contribution in [2.75, 3.05) is 11.9 Å².